The molecule has 0 spiro atoms. The van der Waals surface area contributed by atoms with Crippen molar-refractivity contribution in [3.8, 4) is 0 Å². The number of aliphatic hydroxyl groups excluding tert-OH is 1. The van der Waals surface area contributed by atoms with Crippen LogP contribution in [0.2, 0.25) is 0 Å². The first-order valence-corrected chi connectivity index (χ1v) is 13.6. The van der Waals surface area contributed by atoms with Crippen LogP contribution in [0, 0.1) is 30.3 Å². The number of ether oxygens (including phenoxy) is 2. The van der Waals surface area contributed by atoms with E-state index in [2.05, 4.69) is 0 Å². The summed E-state index contributed by atoms with van der Waals surface area (Å²) in [4.78, 5) is 39.7. The second-order valence-corrected chi connectivity index (χ2v) is 9.60. The Labute approximate surface area is 278 Å². The number of nitro groups is 3. The highest BCUT2D eigenvalue weighted by Gasteiger charge is 2.14. The molecule has 0 heterocycles. The number of nitrogens with two attached hydrogens (primary N) is 5. The largest absolute Gasteiger partial charge is 0.478 e. The van der Waals surface area contributed by atoms with Crippen LogP contribution in [0.3, 0.4) is 0 Å². The fourth-order valence-electron chi connectivity index (χ4n) is 3.58. The molecule has 0 fully saturated rings. The van der Waals surface area contributed by atoms with Gasteiger partial charge in [0.1, 0.15) is 0 Å². The van der Waals surface area contributed by atoms with Gasteiger partial charge in [0.15, 0.2) is 0 Å². The lowest BCUT2D eigenvalue weighted by atomic mass is 10.1. The molecule has 4 aromatic carbocycles. The molecule has 0 aliphatic heterocycles. The molecule has 49 heavy (non-hydrogen) atoms. The van der Waals surface area contributed by atoms with Crippen molar-refractivity contribution in [2.75, 3.05) is 42.9 Å². The fraction of sp³-hybridized carbons (Fsp3) is 0.167. The number of aromatic carboxylic acids is 1. The van der Waals surface area contributed by atoms with Crippen LogP contribution in [0.15, 0.2) is 72.8 Å². The van der Waals surface area contributed by atoms with Crippen LogP contribution in [-0.4, -0.2) is 45.2 Å². The topological polar surface area (TPSA) is 336 Å². The lowest BCUT2D eigenvalue weighted by Crippen LogP contribution is -2.03. The molecule has 0 radical (unpaired) electrons. The molecule has 4 rings (SSSR count). The SMILES string of the molecule is COCc1cc(N)ccc1N.COCc1cc([N+](=O)[O-])ccc1N.Nc1ccc([N+](=O)[O-])cc1C(=O)O.Nc1ccc([N+](=O)[O-])cc1CO. The van der Waals surface area contributed by atoms with Crippen molar-refractivity contribution in [2.45, 2.75) is 19.8 Å². The lowest BCUT2D eigenvalue weighted by molar-refractivity contribution is -0.385. The van der Waals surface area contributed by atoms with Crippen molar-refractivity contribution in [1.82, 2.24) is 0 Å². The van der Waals surface area contributed by atoms with Crippen molar-refractivity contribution >= 4 is 51.5 Å². The summed E-state index contributed by atoms with van der Waals surface area (Å²) in [6.07, 6.45) is 0. The van der Waals surface area contributed by atoms with E-state index >= 15 is 0 Å². The number of carboxylic acid groups (broad SMARTS) is 1. The Bertz CT molecular complexity index is 1770. The maximum atomic E-state index is 10.5. The molecule has 4 aromatic rings. The van der Waals surface area contributed by atoms with Crippen LogP contribution in [0.4, 0.5) is 45.5 Å². The van der Waals surface area contributed by atoms with E-state index in [1.807, 2.05) is 6.07 Å². The number of carboxylic acids is 1. The van der Waals surface area contributed by atoms with E-state index in [1.165, 1.54) is 49.6 Å². The number of nitro benzene ring substituents is 3. The Morgan fingerprint density at radius 3 is 1.39 bits per heavy atom. The molecule has 0 amide bonds. The highest BCUT2D eigenvalue weighted by Crippen LogP contribution is 2.21. The number of nitrogen functional groups attached to an aromatic ring is 5. The van der Waals surface area contributed by atoms with Gasteiger partial charge in [-0.15, -0.1) is 0 Å². The van der Waals surface area contributed by atoms with Crippen molar-refractivity contribution in [3.05, 3.63) is 125 Å². The number of rotatable bonds is 9. The number of hydrogen-bond donors (Lipinski definition) is 7. The van der Waals surface area contributed by atoms with E-state index in [0.29, 0.717) is 34.8 Å². The maximum Gasteiger partial charge on any atom is 0.338 e. The molecule has 262 valence electrons. The Hall–Kier alpha value is -6.57. The normalized spacial score (nSPS) is 9.78. The van der Waals surface area contributed by atoms with Crippen LogP contribution >= 0.6 is 0 Å². The Morgan fingerprint density at radius 2 is 0.980 bits per heavy atom. The summed E-state index contributed by atoms with van der Waals surface area (Å²) in [6.45, 7) is 0.512. The Balaban J connectivity index is 0.000000327. The molecule has 0 bridgehead atoms. The highest BCUT2D eigenvalue weighted by atomic mass is 16.6. The van der Waals surface area contributed by atoms with Crippen molar-refractivity contribution < 1.29 is 39.3 Å². The molecule has 19 heteroatoms. The number of non-ortho nitro benzene ring substituents is 3. The van der Waals surface area contributed by atoms with Gasteiger partial charge in [-0.25, -0.2) is 4.79 Å². The standard InChI is InChI=1S/C8H10N2O3.C8H12N2O.C7H6N2O4.C7H8N2O3/c1-13-5-6-4-7(10(11)12)2-3-8(6)9;1-11-5-6-4-7(9)2-3-8(6)10;8-6-2-1-4(9(12)13)3-5(6)7(10)11;8-7-2-1-6(9(11)12)3-5(7)4-10/h2-4H,5,9H2,1H3;2-4H,5,9-10H2,1H3;1-3H,8H2,(H,10,11);1-3,10H,4,8H2. The minimum atomic E-state index is -1.28. The maximum absolute atomic E-state index is 10.5. The van der Waals surface area contributed by atoms with Gasteiger partial charge in [-0.05, 0) is 36.4 Å². The van der Waals surface area contributed by atoms with E-state index in [-0.39, 0.29) is 41.5 Å². The summed E-state index contributed by atoms with van der Waals surface area (Å²) in [7, 11) is 3.14. The molecular weight excluding hydrogens is 648 g/mol. The number of carbonyl (C=O) groups is 1. The third-order valence-corrected chi connectivity index (χ3v) is 6.09. The zero-order chi connectivity index (χ0) is 37.3. The number of aliphatic hydroxyl groups is 1. The van der Waals surface area contributed by atoms with Crippen LogP contribution < -0.4 is 28.7 Å². The third-order valence-electron chi connectivity index (χ3n) is 6.09. The smallest absolute Gasteiger partial charge is 0.338 e. The monoisotopic (exact) mass is 684 g/mol. The second-order valence-electron chi connectivity index (χ2n) is 9.60. The number of hydrogen-bond acceptors (Lipinski definition) is 15. The summed E-state index contributed by atoms with van der Waals surface area (Å²) in [5, 5.41) is 48.2. The van der Waals surface area contributed by atoms with Gasteiger partial charge >= 0.3 is 5.97 Å². The molecule has 0 aliphatic carbocycles. The minimum absolute atomic E-state index is 0.0121. The van der Waals surface area contributed by atoms with Crippen molar-refractivity contribution in [1.29, 1.82) is 0 Å². The van der Waals surface area contributed by atoms with E-state index < -0.39 is 20.7 Å². The first-order chi connectivity index (χ1) is 23.1. The molecule has 19 nitrogen and oxygen atoms in total. The van der Waals surface area contributed by atoms with Crippen LogP contribution in [-0.2, 0) is 29.3 Å². The van der Waals surface area contributed by atoms with Gasteiger partial charge in [-0.2, -0.15) is 0 Å². The summed E-state index contributed by atoms with van der Waals surface area (Å²) in [5.41, 5.74) is 31.2. The molecule has 12 N–H and O–H groups in total. The van der Waals surface area contributed by atoms with Gasteiger partial charge in [0.25, 0.3) is 17.1 Å². The zero-order valence-corrected chi connectivity index (χ0v) is 26.3. The first-order valence-electron chi connectivity index (χ1n) is 13.6. The van der Waals surface area contributed by atoms with Crippen LogP contribution in [0.1, 0.15) is 27.0 Å². The fourth-order valence-corrected chi connectivity index (χ4v) is 3.58. The van der Waals surface area contributed by atoms with Crippen LogP contribution in [0.5, 0.6) is 0 Å². The summed E-state index contributed by atoms with van der Waals surface area (Å²) in [6, 6.07) is 16.9. The first kappa shape index (κ1) is 40.5. The average molecular weight is 685 g/mol. The zero-order valence-electron chi connectivity index (χ0n) is 26.3. The summed E-state index contributed by atoms with van der Waals surface area (Å²) < 4.78 is 9.77. The van der Waals surface area contributed by atoms with Crippen molar-refractivity contribution in [2.24, 2.45) is 0 Å². The van der Waals surface area contributed by atoms with E-state index in [0.717, 1.165) is 23.4 Å². The van der Waals surface area contributed by atoms with Gasteiger partial charge in [0.05, 0.1) is 40.2 Å². The van der Waals surface area contributed by atoms with Crippen molar-refractivity contribution in [3.63, 3.8) is 0 Å². The predicted molar refractivity (Wildman–Crippen MR) is 182 cm³/mol. The lowest BCUT2D eigenvalue weighted by Gasteiger charge is -2.04. The Morgan fingerprint density at radius 1 is 0.612 bits per heavy atom. The highest BCUT2D eigenvalue weighted by molar-refractivity contribution is 5.94. The minimum Gasteiger partial charge on any atom is -0.478 e. The molecule has 0 saturated heterocycles. The summed E-state index contributed by atoms with van der Waals surface area (Å²) in [5.74, 6) is -1.28. The second kappa shape index (κ2) is 19.8. The van der Waals surface area contributed by atoms with Gasteiger partial charge in [-0.1, -0.05) is 0 Å². The molecule has 0 aromatic heterocycles. The Kier molecular flexibility index (Phi) is 16.4. The molecule has 0 atom stereocenters. The van der Waals surface area contributed by atoms with E-state index in [9.17, 15) is 35.1 Å². The van der Waals surface area contributed by atoms with Gasteiger partial charge in [0, 0.05) is 95.7 Å². The molecule has 0 saturated carbocycles. The predicted octanol–water partition coefficient (Wildman–Crippen LogP) is 3.87. The number of nitrogens with zero attached hydrogens (tertiary/aromatic N) is 3. The number of methoxy groups -OCH3 is 2. The average Bonchev–Trinajstić information content (AvgIpc) is 3.05. The summed E-state index contributed by atoms with van der Waals surface area (Å²) >= 11 is 0. The quantitative estimate of drug-likeness (QED) is 0.0747. The third kappa shape index (κ3) is 13.4. The van der Waals surface area contributed by atoms with E-state index in [1.54, 1.807) is 19.2 Å². The van der Waals surface area contributed by atoms with Gasteiger partial charge in [-0.3, -0.25) is 30.3 Å². The molecule has 0 unspecified atom stereocenters. The number of benzene rings is 4. The van der Waals surface area contributed by atoms with Gasteiger partial charge < -0.3 is 48.4 Å². The number of anilines is 5. The van der Waals surface area contributed by atoms with Crippen LogP contribution in [0.25, 0.3) is 0 Å². The van der Waals surface area contributed by atoms with Gasteiger partial charge in [0.2, 0.25) is 0 Å². The van der Waals surface area contributed by atoms with E-state index in [4.69, 9.17) is 48.4 Å². The molecule has 0 aliphatic rings. The molecular formula is C30H36N8O11.